The predicted octanol–water partition coefficient (Wildman–Crippen LogP) is 4.26. The van der Waals surface area contributed by atoms with E-state index in [9.17, 15) is 4.79 Å². The fourth-order valence-corrected chi connectivity index (χ4v) is 4.91. The Bertz CT molecular complexity index is 1320. The van der Waals surface area contributed by atoms with Crippen LogP contribution in [0.1, 0.15) is 44.9 Å². The highest BCUT2D eigenvalue weighted by atomic mass is 16.5. The smallest absolute Gasteiger partial charge is 0.272 e. The largest absolute Gasteiger partial charge is 0.497 e. The lowest BCUT2D eigenvalue weighted by molar-refractivity contribution is 0.0945. The van der Waals surface area contributed by atoms with Crippen molar-refractivity contribution in [3.05, 3.63) is 113 Å². The third-order valence-electron chi connectivity index (χ3n) is 6.82. The van der Waals surface area contributed by atoms with Crippen LogP contribution in [0.25, 0.3) is 0 Å². The Morgan fingerprint density at radius 3 is 2.59 bits per heavy atom. The Morgan fingerprint density at radius 1 is 0.973 bits per heavy atom. The predicted molar refractivity (Wildman–Crippen MR) is 143 cm³/mol. The Hall–Kier alpha value is -3.97. The molecule has 37 heavy (non-hydrogen) atoms. The average molecular weight is 496 g/mol. The first-order chi connectivity index (χ1) is 18.2. The summed E-state index contributed by atoms with van der Waals surface area (Å²) < 4.78 is 7.40. The molecule has 0 atom stereocenters. The van der Waals surface area contributed by atoms with Gasteiger partial charge in [-0.3, -0.25) is 19.4 Å². The van der Waals surface area contributed by atoms with Crippen molar-refractivity contribution in [1.29, 1.82) is 0 Å². The number of aryl methyl sites for hydroxylation is 1. The van der Waals surface area contributed by atoms with Crippen molar-refractivity contribution in [3.63, 3.8) is 0 Å². The molecule has 7 heteroatoms. The van der Waals surface area contributed by atoms with Crippen LogP contribution in [0, 0.1) is 0 Å². The summed E-state index contributed by atoms with van der Waals surface area (Å²) in [6.07, 6.45) is 6.25. The van der Waals surface area contributed by atoms with Crippen molar-refractivity contribution >= 4 is 5.91 Å². The van der Waals surface area contributed by atoms with Crippen LogP contribution in [0.4, 0.5) is 0 Å². The zero-order valence-electron chi connectivity index (χ0n) is 21.3. The number of hydrogen-bond donors (Lipinski definition) is 1. The number of pyridine rings is 1. The van der Waals surface area contributed by atoms with Crippen LogP contribution in [0.5, 0.6) is 5.75 Å². The van der Waals surface area contributed by atoms with Gasteiger partial charge >= 0.3 is 0 Å². The van der Waals surface area contributed by atoms with E-state index in [-0.39, 0.29) is 5.91 Å². The monoisotopic (exact) mass is 495 g/mol. The Labute approximate surface area is 218 Å². The van der Waals surface area contributed by atoms with Crippen LogP contribution < -0.4 is 10.1 Å². The zero-order chi connectivity index (χ0) is 25.5. The number of fused-ring (bicyclic) bond motifs is 1. The number of amides is 1. The molecule has 0 spiro atoms. The van der Waals surface area contributed by atoms with E-state index in [1.54, 1.807) is 19.5 Å². The maximum Gasteiger partial charge on any atom is 0.272 e. The fourth-order valence-electron chi connectivity index (χ4n) is 4.91. The van der Waals surface area contributed by atoms with Gasteiger partial charge in [0, 0.05) is 56.3 Å². The number of rotatable bonds is 10. The quantitative estimate of drug-likeness (QED) is 0.333. The lowest BCUT2D eigenvalue weighted by Gasteiger charge is -2.28. The molecule has 5 rings (SSSR count). The van der Waals surface area contributed by atoms with Gasteiger partial charge in [0.2, 0.25) is 0 Å². The number of methoxy groups -OCH3 is 1. The second kappa shape index (κ2) is 11.8. The summed E-state index contributed by atoms with van der Waals surface area (Å²) in [6.45, 7) is 3.64. The molecule has 0 saturated heterocycles. The van der Waals surface area contributed by atoms with Crippen molar-refractivity contribution in [2.24, 2.45) is 0 Å². The number of aromatic nitrogens is 3. The van der Waals surface area contributed by atoms with Crippen LogP contribution >= 0.6 is 0 Å². The average Bonchev–Trinajstić information content (AvgIpc) is 3.29. The third kappa shape index (κ3) is 6.24. The first-order valence-corrected chi connectivity index (χ1v) is 12.8. The molecule has 7 nitrogen and oxygen atoms in total. The Balaban J connectivity index is 1.31. The van der Waals surface area contributed by atoms with E-state index in [1.165, 1.54) is 11.1 Å². The van der Waals surface area contributed by atoms with Crippen molar-refractivity contribution < 1.29 is 9.53 Å². The number of nitrogens with one attached hydrogen (secondary N) is 1. The minimum Gasteiger partial charge on any atom is -0.497 e. The van der Waals surface area contributed by atoms with Gasteiger partial charge in [-0.2, -0.15) is 5.10 Å². The minimum absolute atomic E-state index is 0.0963. The van der Waals surface area contributed by atoms with E-state index in [4.69, 9.17) is 9.84 Å². The summed E-state index contributed by atoms with van der Waals surface area (Å²) in [6, 6.07) is 22.5. The molecular weight excluding hydrogens is 462 g/mol. The molecule has 1 N–H and O–H groups in total. The van der Waals surface area contributed by atoms with Gasteiger partial charge in [0.15, 0.2) is 5.69 Å². The summed E-state index contributed by atoms with van der Waals surface area (Å²) in [5.74, 6) is 0.761. The standard InChI is InChI=1S/C30H33N5O2/c1-37-26-11-5-9-25(19-26)20-34-18-14-28-27(22-34)29(33-35(28)21-24-12-16-31-17-13-24)30(36)32-15-6-10-23-7-3-2-4-8-23/h2-5,7-9,11-13,16-17,19H,6,10,14-15,18,20-22H2,1H3,(H,32,36). The number of carbonyl (C=O) groups is 1. The van der Waals surface area contributed by atoms with Gasteiger partial charge in [0.05, 0.1) is 13.7 Å². The van der Waals surface area contributed by atoms with E-state index in [0.29, 0.717) is 25.3 Å². The maximum atomic E-state index is 13.3. The van der Waals surface area contributed by atoms with E-state index in [1.807, 2.05) is 47.1 Å². The Kier molecular flexibility index (Phi) is 7.91. The molecule has 0 radical (unpaired) electrons. The third-order valence-corrected chi connectivity index (χ3v) is 6.82. The summed E-state index contributed by atoms with van der Waals surface area (Å²) >= 11 is 0. The topological polar surface area (TPSA) is 72.3 Å². The number of nitrogens with zero attached hydrogens (tertiary/aromatic N) is 4. The van der Waals surface area contributed by atoms with Gasteiger partial charge in [-0.15, -0.1) is 0 Å². The molecule has 1 aliphatic heterocycles. The molecule has 0 aliphatic carbocycles. The molecule has 1 aliphatic rings. The molecule has 1 amide bonds. The normalized spacial score (nSPS) is 13.2. The first kappa shape index (κ1) is 24.7. The van der Waals surface area contributed by atoms with Gasteiger partial charge < -0.3 is 10.1 Å². The number of hydrogen-bond acceptors (Lipinski definition) is 5. The minimum atomic E-state index is -0.0963. The fraction of sp³-hybridized carbons (Fsp3) is 0.300. The van der Waals surface area contributed by atoms with Crippen LogP contribution in [0.2, 0.25) is 0 Å². The molecule has 0 saturated carbocycles. The molecule has 0 fully saturated rings. The van der Waals surface area contributed by atoms with Gasteiger partial charge in [0.1, 0.15) is 5.75 Å². The molecule has 190 valence electrons. The SMILES string of the molecule is COc1cccc(CN2CCc3c(c(C(=O)NCCCc4ccccc4)nn3Cc3ccncc3)C2)c1. The van der Waals surface area contributed by atoms with Gasteiger partial charge in [-0.05, 0) is 53.8 Å². The summed E-state index contributed by atoms with van der Waals surface area (Å²) in [4.78, 5) is 19.8. The lowest BCUT2D eigenvalue weighted by Crippen LogP contribution is -2.32. The molecule has 2 aromatic carbocycles. The van der Waals surface area contributed by atoms with E-state index in [0.717, 1.165) is 54.9 Å². The van der Waals surface area contributed by atoms with Crippen LogP contribution in [-0.2, 0) is 32.5 Å². The highest BCUT2D eigenvalue weighted by Gasteiger charge is 2.28. The summed E-state index contributed by atoms with van der Waals surface area (Å²) in [5, 5.41) is 7.95. The Morgan fingerprint density at radius 2 is 1.78 bits per heavy atom. The molecule has 4 aromatic rings. The zero-order valence-corrected chi connectivity index (χ0v) is 21.3. The molecule has 0 bridgehead atoms. The highest BCUT2D eigenvalue weighted by molar-refractivity contribution is 5.94. The van der Waals surface area contributed by atoms with Crippen LogP contribution in [0.15, 0.2) is 79.1 Å². The first-order valence-electron chi connectivity index (χ1n) is 12.8. The second-order valence-electron chi connectivity index (χ2n) is 9.44. The van der Waals surface area contributed by atoms with Gasteiger partial charge in [-0.1, -0.05) is 42.5 Å². The van der Waals surface area contributed by atoms with Crippen molar-refractivity contribution in [2.45, 2.75) is 38.9 Å². The number of benzene rings is 2. The second-order valence-corrected chi connectivity index (χ2v) is 9.44. The van der Waals surface area contributed by atoms with E-state index < -0.39 is 0 Å². The van der Waals surface area contributed by atoms with E-state index in [2.05, 4.69) is 39.5 Å². The maximum absolute atomic E-state index is 13.3. The molecular formula is C30H33N5O2. The molecule has 2 aromatic heterocycles. The van der Waals surface area contributed by atoms with Crippen LogP contribution in [0.3, 0.4) is 0 Å². The van der Waals surface area contributed by atoms with Crippen molar-refractivity contribution in [3.8, 4) is 5.75 Å². The van der Waals surface area contributed by atoms with Gasteiger partial charge in [-0.25, -0.2) is 0 Å². The number of carbonyl (C=O) groups excluding carboxylic acids is 1. The summed E-state index contributed by atoms with van der Waals surface area (Å²) in [7, 11) is 1.69. The van der Waals surface area contributed by atoms with E-state index >= 15 is 0 Å². The number of ether oxygens (including phenoxy) is 1. The van der Waals surface area contributed by atoms with Crippen molar-refractivity contribution in [2.75, 3.05) is 20.2 Å². The molecule has 3 heterocycles. The lowest BCUT2D eigenvalue weighted by atomic mass is 10.0. The van der Waals surface area contributed by atoms with Crippen LogP contribution in [-0.4, -0.2) is 45.8 Å². The van der Waals surface area contributed by atoms with Gasteiger partial charge in [0.25, 0.3) is 5.91 Å². The van der Waals surface area contributed by atoms with Crippen molar-refractivity contribution in [1.82, 2.24) is 25.0 Å². The highest BCUT2D eigenvalue weighted by Crippen LogP contribution is 2.25. The molecule has 0 unspecified atom stereocenters. The summed E-state index contributed by atoms with van der Waals surface area (Å²) in [5.41, 5.74) is 6.31.